The molecular formula is C28H12N4S2. The number of benzene rings is 3. The third-order valence-electron chi connectivity index (χ3n) is 7.21. The van der Waals surface area contributed by atoms with Gasteiger partial charge in [0.05, 0.1) is 45.4 Å². The van der Waals surface area contributed by atoms with Crippen LogP contribution < -0.4 is 0 Å². The van der Waals surface area contributed by atoms with Gasteiger partial charge in [0.1, 0.15) is 12.1 Å². The molecule has 0 spiro atoms. The third kappa shape index (κ3) is 2.20. The van der Waals surface area contributed by atoms with Crippen LogP contribution in [0.3, 0.4) is 0 Å². The molecule has 0 N–H and O–H groups in total. The molecule has 9 rings (SSSR count). The molecule has 0 atom stereocenters. The summed E-state index contributed by atoms with van der Waals surface area (Å²) < 4.78 is 2.57. The van der Waals surface area contributed by atoms with Gasteiger partial charge in [0.15, 0.2) is 0 Å². The molecule has 0 aliphatic heterocycles. The Bertz CT molecular complexity index is 1750. The Hall–Kier alpha value is -4.10. The average Bonchev–Trinajstić information content (AvgIpc) is 3.52. The Morgan fingerprint density at radius 3 is 1.50 bits per heavy atom. The van der Waals surface area contributed by atoms with Gasteiger partial charge in [-0.25, -0.2) is 9.97 Å². The average molecular weight is 469 g/mol. The minimum Gasteiger partial charge on any atom is -0.248 e. The number of aromatic nitrogens is 2. The Labute approximate surface area is 202 Å². The minimum atomic E-state index is -0.00307. The van der Waals surface area contributed by atoms with Crippen LogP contribution in [0.2, 0.25) is 0 Å². The number of nitriles is 2. The number of hydrogen-bond donors (Lipinski definition) is 0. The molecule has 0 fully saturated rings. The van der Waals surface area contributed by atoms with Crippen molar-refractivity contribution in [2.24, 2.45) is 0 Å². The van der Waals surface area contributed by atoms with Crippen LogP contribution in [0.25, 0.3) is 31.2 Å². The van der Waals surface area contributed by atoms with E-state index in [1.165, 1.54) is 42.4 Å². The topological polar surface area (TPSA) is 73.4 Å². The molecule has 6 heteroatoms. The van der Waals surface area contributed by atoms with Crippen molar-refractivity contribution >= 4 is 53.9 Å². The first kappa shape index (κ1) is 18.3. The van der Waals surface area contributed by atoms with Crippen LogP contribution in [0.5, 0.6) is 0 Å². The highest BCUT2D eigenvalue weighted by molar-refractivity contribution is 7.17. The molecule has 0 unspecified atom stereocenters. The van der Waals surface area contributed by atoms with Crippen LogP contribution >= 0.6 is 22.7 Å². The van der Waals surface area contributed by atoms with E-state index in [2.05, 4.69) is 59.3 Å². The summed E-state index contributed by atoms with van der Waals surface area (Å²) >= 11 is 3.53. The molecule has 0 amide bonds. The summed E-state index contributed by atoms with van der Waals surface area (Å²) in [7, 11) is 0. The summed E-state index contributed by atoms with van der Waals surface area (Å²) in [6.07, 6.45) is 0. The standard InChI is InChI=1S/C28H12N4S2/c29-11-15-7-21-22(8-16(15)12-30)32-28-26-19-9-23-13(1-3-33-23)5-17(19)25(27(28)31-21)18-6-14-2-4-34-24(14)10-20(18)26/h1-10,25-26H. The second-order valence-corrected chi connectivity index (χ2v) is 10.7. The van der Waals surface area contributed by atoms with Gasteiger partial charge in [-0.1, -0.05) is 0 Å². The molecule has 156 valence electrons. The van der Waals surface area contributed by atoms with Crippen molar-refractivity contribution in [2.75, 3.05) is 0 Å². The van der Waals surface area contributed by atoms with Crippen LogP contribution in [-0.4, -0.2) is 9.97 Å². The minimum absolute atomic E-state index is 0.000999. The second kappa shape index (κ2) is 6.27. The molecule has 2 bridgehead atoms. The molecule has 6 aromatic rings. The molecule has 3 aliphatic carbocycles. The fourth-order valence-corrected chi connectivity index (χ4v) is 7.39. The lowest BCUT2D eigenvalue weighted by molar-refractivity contribution is 0.713. The van der Waals surface area contributed by atoms with E-state index in [1.807, 2.05) is 0 Å². The number of nitrogens with zero attached hydrogens (tertiary/aromatic N) is 4. The van der Waals surface area contributed by atoms with Crippen molar-refractivity contribution in [2.45, 2.75) is 11.8 Å². The molecule has 0 saturated carbocycles. The smallest absolute Gasteiger partial charge is 0.101 e. The molecule has 0 radical (unpaired) electrons. The molecule has 3 aromatic carbocycles. The largest absolute Gasteiger partial charge is 0.248 e. The van der Waals surface area contributed by atoms with E-state index in [0.29, 0.717) is 22.2 Å². The zero-order valence-electron chi connectivity index (χ0n) is 17.5. The van der Waals surface area contributed by atoms with Gasteiger partial charge in [0.25, 0.3) is 0 Å². The number of rotatable bonds is 0. The molecule has 34 heavy (non-hydrogen) atoms. The lowest BCUT2D eigenvalue weighted by Crippen LogP contribution is -2.29. The fourth-order valence-electron chi connectivity index (χ4n) is 5.75. The summed E-state index contributed by atoms with van der Waals surface area (Å²) in [6, 6.07) is 21.4. The third-order valence-corrected chi connectivity index (χ3v) is 8.97. The van der Waals surface area contributed by atoms with Crippen molar-refractivity contribution in [3.05, 3.63) is 104 Å². The van der Waals surface area contributed by atoms with Gasteiger partial charge in [-0.3, -0.25) is 0 Å². The molecule has 3 aliphatic rings. The van der Waals surface area contributed by atoms with Crippen molar-refractivity contribution in [3.8, 4) is 12.1 Å². The van der Waals surface area contributed by atoms with Crippen molar-refractivity contribution in [1.82, 2.24) is 9.97 Å². The summed E-state index contributed by atoms with van der Waals surface area (Å²) in [4.78, 5) is 10.2. The first-order valence-electron chi connectivity index (χ1n) is 10.9. The number of thiophene rings is 2. The normalized spacial score (nSPS) is 17.4. The van der Waals surface area contributed by atoms with E-state index >= 15 is 0 Å². The van der Waals surface area contributed by atoms with Gasteiger partial charge in [0, 0.05) is 9.40 Å². The Kier molecular flexibility index (Phi) is 3.38. The summed E-state index contributed by atoms with van der Waals surface area (Å²) in [5, 5.41) is 25.9. The highest BCUT2D eigenvalue weighted by atomic mass is 32.1. The van der Waals surface area contributed by atoms with Crippen LogP contribution in [0, 0.1) is 22.7 Å². The molecular weight excluding hydrogens is 456 g/mol. The monoisotopic (exact) mass is 468 g/mol. The molecule has 3 heterocycles. The Morgan fingerprint density at radius 1 is 0.618 bits per heavy atom. The van der Waals surface area contributed by atoms with E-state index < -0.39 is 0 Å². The predicted octanol–water partition coefficient (Wildman–Crippen LogP) is 6.79. The van der Waals surface area contributed by atoms with Gasteiger partial charge < -0.3 is 0 Å². The van der Waals surface area contributed by atoms with E-state index in [-0.39, 0.29) is 11.8 Å². The predicted molar refractivity (Wildman–Crippen MR) is 135 cm³/mol. The Balaban J connectivity index is 1.50. The maximum absolute atomic E-state index is 9.53. The highest BCUT2D eigenvalue weighted by Crippen LogP contribution is 2.56. The van der Waals surface area contributed by atoms with Gasteiger partial charge in [-0.15, -0.1) is 22.7 Å². The van der Waals surface area contributed by atoms with E-state index in [4.69, 9.17) is 9.97 Å². The van der Waals surface area contributed by atoms with Gasteiger partial charge >= 0.3 is 0 Å². The molecule has 3 aromatic heterocycles. The summed E-state index contributed by atoms with van der Waals surface area (Å²) in [6.45, 7) is 0. The second-order valence-electron chi connectivity index (χ2n) is 8.85. The van der Waals surface area contributed by atoms with Crippen LogP contribution in [0.4, 0.5) is 0 Å². The molecule has 4 nitrogen and oxygen atoms in total. The summed E-state index contributed by atoms with van der Waals surface area (Å²) in [5.41, 5.74) is 9.15. The number of hydrogen-bond acceptors (Lipinski definition) is 6. The van der Waals surface area contributed by atoms with Crippen LogP contribution in [-0.2, 0) is 0 Å². The van der Waals surface area contributed by atoms with Crippen LogP contribution in [0.15, 0.2) is 59.3 Å². The van der Waals surface area contributed by atoms with Crippen LogP contribution in [0.1, 0.15) is 56.6 Å². The fraction of sp³-hybridized carbons (Fsp3) is 0.0714. The number of fused-ring (bicyclic) bond motifs is 3. The lowest BCUT2D eigenvalue weighted by Gasteiger charge is -2.40. The van der Waals surface area contributed by atoms with Gasteiger partial charge in [-0.05, 0) is 92.3 Å². The van der Waals surface area contributed by atoms with Crippen molar-refractivity contribution in [1.29, 1.82) is 10.5 Å². The van der Waals surface area contributed by atoms with E-state index in [0.717, 1.165) is 11.4 Å². The Morgan fingerprint density at radius 2 is 1.06 bits per heavy atom. The highest BCUT2D eigenvalue weighted by Gasteiger charge is 2.44. The quantitative estimate of drug-likeness (QED) is 0.246. The van der Waals surface area contributed by atoms with E-state index in [9.17, 15) is 10.5 Å². The first-order valence-corrected chi connectivity index (χ1v) is 12.7. The van der Waals surface area contributed by atoms with Gasteiger partial charge in [0.2, 0.25) is 0 Å². The lowest BCUT2D eigenvalue weighted by atomic mass is 9.64. The van der Waals surface area contributed by atoms with Gasteiger partial charge in [-0.2, -0.15) is 10.5 Å². The molecule has 0 saturated heterocycles. The maximum atomic E-state index is 9.53. The first-order chi connectivity index (χ1) is 16.7. The SMILES string of the molecule is N#Cc1cc2nc3c(nc2cc1C#N)C1c2cc4sccc4cc2C3c2cc3ccsc3cc21. The van der Waals surface area contributed by atoms with Crippen molar-refractivity contribution in [3.63, 3.8) is 0 Å². The maximum Gasteiger partial charge on any atom is 0.101 e. The summed E-state index contributed by atoms with van der Waals surface area (Å²) in [5.74, 6) is -0.00208. The van der Waals surface area contributed by atoms with Crippen molar-refractivity contribution < 1.29 is 0 Å². The zero-order valence-corrected chi connectivity index (χ0v) is 19.2. The zero-order chi connectivity index (χ0) is 22.6. The van der Waals surface area contributed by atoms with E-state index in [1.54, 1.807) is 34.8 Å².